The van der Waals surface area contributed by atoms with Crippen molar-refractivity contribution in [2.75, 3.05) is 5.32 Å². The Morgan fingerprint density at radius 2 is 1.65 bits per heavy atom. The highest BCUT2D eigenvalue weighted by Crippen LogP contribution is 2.23. The van der Waals surface area contributed by atoms with Gasteiger partial charge in [0.2, 0.25) is 0 Å². The summed E-state index contributed by atoms with van der Waals surface area (Å²) in [5.41, 5.74) is 0.424. The Hall–Kier alpha value is -2.40. The quantitative estimate of drug-likeness (QED) is 0.911. The highest BCUT2D eigenvalue weighted by molar-refractivity contribution is 6.34. The van der Waals surface area contributed by atoms with Crippen LogP contribution in [0.2, 0.25) is 5.02 Å². The molecule has 6 heteroatoms. The first-order valence-corrected chi connectivity index (χ1v) is 5.95. The van der Waals surface area contributed by atoms with Crippen LogP contribution in [0.15, 0.2) is 42.5 Å². The molecule has 1 amide bonds. The zero-order chi connectivity index (χ0) is 14.7. The average Bonchev–Trinajstić information content (AvgIpc) is 2.41. The van der Waals surface area contributed by atoms with Gasteiger partial charge in [-0.3, -0.25) is 4.79 Å². The highest BCUT2D eigenvalue weighted by atomic mass is 35.5. The molecule has 20 heavy (non-hydrogen) atoms. The van der Waals surface area contributed by atoms with Crippen LogP contribution in [-0.4, -0.2) is 17.0 Å². The molecular weight excluding hydrogens is 285 g/mol. The first-order valence-electron chi connectivity index (χ1n) is 5.57. The largest absolute Gasteiger partial charge is 0.478 e. The third-order valence-corrected chi connectivity index (χ3v) is 2.90. The summed E-state index contributed by atoms with van der Waals surface area (Å²) in [5.74, 6) is -2.08. The number of carboxylic acids is 1. The van der Waals surface area contributed by atoms with Crippen molar-refractivity contribution in [1.29, 1.82) is 0 Å². The molecule has 0 heterocycles. The molecule has 2 aromatic carbocycles. The number of carbonyl (C=O) groups excluding carboxylic acids is 1. The number of nitrogens with one attached hydrogen (secondary N) is 1. The van der Waals surface area contributed by atoms with Crippen LogP contribution in [0.4, 0.5) is 10.1 Å². The molecule has 4 nitrogen and oxygen atoms in total. The summed E-state index contributed by atoms with van der Waals surface area (Å²) in [6.45, 7) is 0. The molecule has 0 saturated heterocycles. The Kier molecular flexibility index (Phi) is 4.00. The van der Waals surface area contributed by atoms with Crippen LogP contribution < -0.4 is 5.32 Å². The van der Waals surface area contributed by atoms with E-state index in [0.29, 0.717) is 0 Å². The van der Waals surface area contributed by atoms with E-state index >= 15 is 0 Å². The van der Waals surface area contributed by atoms with Crippen LogP contribution in [0.5, 0.6) is 0 Å². The molecule has 0 unspecified atom stereocenters. The lowest BCUT2D eigenvalue weighted by atomic mass is 10.1. The Morgan fingerprint density at radius 3 is 2.25 bits per heavy atom. The molecule has 2 aromatic rings. The van der Waals surface area contributed by atoms with Gasteiger partial charge in [0, 0.05) is 5.56 Å². The molecule has 2 rings (SSSR count). The summed E-state index contributed by atoms with van der Waals surface area (Å²) in [6.07, 6.45) is 0. The smallest absolute Gasteiger partial charge is 0.335 e. The van der Waals surface area contributed by atoms with Crippen LogP contribution >= 0.6 is 11.6 Å². The fourth-order valence-electron chi connectivity index (χ4n) is 1.55. The minimum atomic E-state index is -1.13. The van der Waals surface area contributed by atoms with Gasteiger partial charge >= 0.3 is 5.97 Å². The fourth-order valence-corrected chi connectivity index (χ4v) is 1.71. The van der Waals surface area contributed by atoms with Crippen LogP contribution in [-0.2, 0) is 0 Å². The van der Waals surface area contributed by atoms with Crippen molar-refractivity contribution in [2.45, 2.75) is 0 Å². The van der Waals surface area contributed by atoms with Crippen molar-refractivity contribution in [3.63, 3.8) is 0 Å². The molecular formula is C14H9ClFNO3. The normalized spacial score (nSPS) is 10.1. The molecule has 0 aliphatic carbocycles. The molecule has 0 radical (unpaired) electrons. The first-order chi connectivity index (χ1) is 9.47. The number of carboxylic acid groups (broad SMARTS) is 1. The van der Waals surface area contributed by atoms with E-state index in [1.807, 2.05) is 0 Å². The number of hydrogen-bond donors (Lipinski definition) is 2. The molecule has 102 valence electrons. The zero-order valence-electron chi connectivity index (χ0n) is 10.1. The Balaban J connectivity index is 2.25. The molecule has 0 saturated carbocycles. The summed E-state index contributed by atoms with van der Waals surface area (Å²) in [6, 6.07) is 8.92. The average molecular weight is 294 g/mol. The Labute approximate surface area is 118 Å². The molecule has 0 atom stereocenters. The summed E-state index contributed by atoms with van der Waals surface area (Å²) in [7, 11) is 0. The van der Waals surface area contributed by atoms with E-state index < -0.39 is 17.7 Å². The predicted molar refractivity (Wildman–Crippen MR) is 72.8 cm³/mol. The van der Waals surface area contributed by atoms with E-state index in [2.05, 4.69) is 5.32 Å². The van der Waals surface area contributed by atoms with Gasteiger partial charge in [0.25, 0.3) is 5.91 Å². The van der Waals surface area contributed by atoms with E-state index in [4.69, 9.17) is 16.7 Å². The van der Waals surface area contributed by atoms with Gasteiger partial charge in [-0.05, 0) is 42.5 Å². The van der Waals surface area contributed by atoms with E-state index in [0.717, 1.165) is 12.1 Å². The molecule has 0 aliphatic rings. The maximum atomic E-state index is 12.8. The molecule has 0 fully saturated rings. The van der Waals surface area contributed by atoms with Gasteiger partial charge in [0.1, 0.15) is 5.82 Å². The summed E-state index contributed by atoms with van der Waals surface area (Å²) < 4.78 is 12.8. The molecule has 0 aromatic heterocycles. The number of aromatic carboxylic acids is 1. The number of carbonyl (C=O) groups is 2. The lowest BCUT2D eigenvalue weighted by Crippen LogP contribution is -2.12. The fraction of sp³-hybridized carbons (Fsp3) is 0. The van der Waals surface area contributed by atoms with E-state index in [-0.39, 0.29) is 21.8 Å². The number of rotatable bonds is 3. The standard InChI is InChI=1S/C14H9ClFNO3/c15-11-6-3-9(14(19)20)7-12(11)17-13(18)8-1-4-10(16)5-2-8/h1-7H,(H,17,18)(H,19,20). The van der Waals surface area contributed by atoms with Gasteiger partial charge in [0.15, 0.2) is 0 Å². The van der Waals surface area contributed by atoms with Crippen molar-refractivity contribution < 1.29 is 19.1 Å². The van der Waals surface area contributed by atoms with Crippen molar-refractivity contribution in [3.05, 3.63) is 64.4 Å². The van der Waals surface area contributed by atoms with E-state index in [1.54, 1.807) is 0 Å². The molecule has 2 N–H and O–H groups in total. The van der Waals surface area contributed by atoms with Gasteiger partial charge in [0.05, 0.1) is 16.3 Å². The van der Waals surface area contributed by atoms with Gasteiger partial charge in [-0.25, -0.2) is 9.18 Å². The summed E-state index contributed by atoms with van der Waals surface area (Å²) in [5, 5.41) is 11.6. The number of anilines is 1. The molecule has 0 bridgehead atoms. The SMILES string of the molecule is O=C(O)c1ccc(Cl)c(NC(=O)c2ccc(F)cc2)c1. The second-order valence-corrected chi connectivity index (χ2v) is 4.37. The third-order valence-electron chi connectivity index (χ3n) is 2.57. The Morgan fingerprint density at radius 1 is 1.05 bits per heavy atom. The first kappa shape index (κ1) is 14.0. The van der Waals surface area contributed by atoms with Crippen molar-refractivity contribution in [1.82, 2.24) is 0 Å². The van der Waals surface area contributed by atoms with Gasteiger partial charge in [-0.15, -0.1) is 0 Å². The van der Waals surface area contributed by atoms with Crippen LogP contribution in [0, 0.1) is 5.82 Å². The summed E-state index contributed by atoms with van der Waals surface area (Å²) >= 11 is 5.89. The number of amides is 1. The molecule has 0 aliphatic heterocycles. The lowest BCUT2D eigenvalue weighted by Gasteiger charge is -2.08. The number of hydrogen-bond acceptors (Lipinski definition) is 2. The monoisotopic (exact) mass is 293 g/mol. The maximum Gasteiger partial charge on any atom is 0.335 e. The lowest BCUT2D eigenvalue weighted by molar-refractivity contribution is 0.0696. The van der Waals surface area contributed by atoms with Gasteiger partial charge < -0.3 is 10.4 Å². The summed E-state index contributed by atoms with van der Waals surface area (Å²) in [4.78, 5) is 22.8. The van der Waals surface area contributed by atoms with Gasteiger partial charge in [-0.1, -0.05) is 11.6 Å². The zero-order valence-corrected chi connectivity index (χ0v) is 10.8. The highest BCUT2D eigenvalue weighted by Gasteiger charge is 2.11. The molecule has 0 spiro atoms. The van der Waals surface area contributed by atoms with E-state index in [9.17, 15) is 14.0 Å². The van der Waals surface area contributed by atoms with Crippen LogP contribution in [0.25, 0.3) is 0 Å². The topological polar surface area (TPSA) is 66.4 Å². The van der Waals surface area contributed by atoms with Crippen molar-refractivity contribution in [2.24, 2.45) is 0 Å². The van der Waals surface area contributed by atoms with Crippen LogP contribution in [0.1, 0.15) is 20.7 Å². The number of halogens is 2. The number of benzene rings is 2. The van der Waals surface area contributed by atoms with Crippen LogP contribution in [0.3, 0.4) is 0 Å². The third kappa shape index (κ3) is 3.13. The minimum Gasteiger partial charge on any atom is -0.478 e. The minimum absolute atomic E-state index is 0.00352. The van der Waals surface area contributed by atoms with E-state index in [1.165, 1.54) is 30.3 Å². The Bertz CT molecular complexity index is 671. The second-order valence-electron chi connectivity index (χ2n) is 3.96. The second kappa shape index (κ2) is 5.71. The maximum absolute atomic E-state index is 12.8. The van der Waals surface area contributed by atoms with Crippen molar-refractivity contribution in [3.8, 4) is 0 Å². The van der Waals surface area contributed by atoms with Gasteiger partial charge in [-0.2, -0.15) is 0 Å². The predicted octanol–water partition coefficient (Wildman–Crippen LogP) is 3.43. The van der Waals surface area contributed by atoms with Crippen molar-refractivity contribution >= 4 is 29.2 Å².